The van der Waals surface area contributed by atoms with Gasteiger partial charge in [-0.2, -0.15) is 10.4 Å². The van der Waals surface area contributed by atoms with Crippen LogP contribution in [-0.4, -0.2) is 39.5 Å². The molecule has 114 valence electrons. The van der Waals surface area contributed by atoms with E-state index in [2.05, 4.69) is 11.2 Å². The molecule has 21 heavy (non-hydrogen) atoms. The Bertz CT molecular complexity index is 557. The Kier molecular flexibility index (Phi) is 3.95. The molecule has 0 spiro atoms. The lowest BCUT2D eigenvalue weighted by Gasteiger charge is -2.36. The molecular formula is C15H22N4O2. The average Bonchev–Trinajstić information content (AvgIpc) is 2.84. The van der Waals surface area contributed by atoms with Crippen LogP contribution < -0.4 is 0 Å². The molecule has 1 fully saturated rings. The minimum absolute atomic E-state index is 0.310. The lowest BCUT2D eigenvalue weighted by molar-refractivity contribution is 0.0184. The maximum atomic E-state index is 12.1. The molecule has 1 amide bonds. The summed E-state index contributed by atoms with van der Waals surface area (Å²) in [6.07, 6.45) is 2.70. The number of carbonyl (C=O) groups excluding carboxylic acids is 1. The fourth-order valence-electron chi connectivity index (χ4n) is 2.49. The van der Waals surface area contributed by atoms with E-state index in [-0.39, 0.29) is 6.09 Å². The van der Waals surface area contributed by atoms with Crippen molar-refractivity contribution < 1.29 is 9.53 Å². The smallest absolute Gasteiger partial charge is 0.410 e. The van der Waals surface area contributed by atoms with Gasteiger partial charge in [0.25, 0.3) is 0 Å². The van der Waals surface area contributed by atoms with Gasteiger partial charge in [0.15, 0.2) is 0 Å². The van der Waals surface area contributed by atoms with Gasteiger partial charge in [-0.15, -0.1) is 0 Å². The minimum Gasteiger partial charge on any atom is -0.444 e. The summed E-state index contributed by atoms with van der Waals surface area (Å²) in [5, 5.41) is 13.9. The molecule has 6 nitrogen and oxygen atoms in total. The second kappa shape index (κ2) is 5.40. The Labute approximate surface area is 125 Å². The number of hydrogen-bond donors (Lipinski definition) is 0. The number of aromatic nitrogens is 2. The summed E-state index contributed by atoms with van der Waals surface area (Å²) in [7, 11) is 1.84. The van der Waals surface area contributed by atoms with E-state index in [9.17, 15) is 10.1 Å². The molecule has 0 atom stereocenters. The van der Waals surface area contributed by atoms with Crippen LogP contribution in [0.2, 0.25) is 0 Å². The van der Waals surface area contributed by atoms with E-state index in [0.717, 1.165) is 5.69 Å². The van der Waals surface area contributed by atoms with Crippen LogP contribution in [0.5, 0.6) is 0 Å². The predicted molar refractivity (Wildman–Crippen MR) is 77.5 cm³/mol. The summed E-state index contributed by atoms with van der Waals surface area (Å²) in [4.78, 5) is 13.7. The number of hydrogen-bond acceptors (Lipinski definition) is 4. The number of piperidine rings is 1. The van der Waals surface area contributed by atoms with Gasteiger partial charge < -0.3 is 9.64 Å². The first kappa shape index (κ1) is 15.4. The first-order chi connectivity index (χ1) is 9.76. The van der Waals surface area contributed by atoms with Gasteiger partial charge in [-0.05, 0) is 39.7 Å². The van der Waals surface area contributed by atoms with Gasteiger partial charge in [0.05, 0.1) is 11.8 Å². The Hall–Kier alpha value is -2.03. The largest absolute Gasteiger partial charge is 0.444 e. The van der Waals surface area contributed by atoms with Gasteiger partial charge in [-0.1, -0.05) is 0 Å². The highest BCUT2D eigenvalue weighted by atomic mass is 16.6. The molecule has 1 saturated heterocycles. The van der Waals surface area contributed by atoms with Gasteiger partial charge in [0.1, 0.15) is 11.0 Å². The number of likely N-dealkylation sites (tertiary alicyclic amines) is 1. The molecule has 0 saturated carbocycles. The minimum atomic E-state index is -0.597. The molecule has 2 rings (SSSR count). The fourth-order valence-corrected chi connectivity index (χ4v) is 2.49. The highest BCUT2D eigenvalue weighted by Gasteiger charge is 2.40. The summed E-state index contributed by atoms with van der Waals surface area (Å²) in [5.41, 5.74) is -0.307. The number of amides is 1. The lowest BCUT2D eigenvalue weighted by Crippen LogP contribution is -2.46. The van der Waals surface area contributed by atoms with Crippen molar-refractivity contribution >= 4 is 6.09 Å². The van der Waals surface area contributed by atoms with E-state index >= 15 is 0 Å². The second-order valence-corrected chi connectivity index (χ2v) is 6.54. The van der Waals surface area contributed by atoms with Crippen molar-refractivity contribution in [1.29, 1.82) is 5.26 Å². The van der Waals surface area contributed by atoms with Crippen molar-refractivity contribution in [3.8, 4) is 6.07 Å². The molecule has 0 unspecified atom stereocenters. The molecular weight excluding hydrogens is 268 g/mol. The van der Waals surface area contributed by atoms with Crippen molar-refractivity contribution in [3.05, 3.63) is 18.0 Å². The Balaban J connectivity index is 2.05. The second-order valence-electron chi connectivity index (χ2n) is 6.54. The number of aryl methyl sites for hydroxylation is 1. The van der Waals surface area contributed by atoms with Crippen LogP contribution in [0.3, 0.4) is 0 Å². The number of nitriles is 1. The number of carbonyl (C=O) groups is 1. The fraction of sp³-hybridized carbons (Fsp3) is 0.667. The highest BCUT2D eigenvalue weighted by molar-refractivity contribution is 5.68. The molecule has 0 aliphatic carbocycles. The van der Waals surface area contributed by atoms with Crippen LogP contribution in [0.25, 0.3) is 0 Å². The Morgan fingerprint density at radius 3 is 2.48 bits per heavy atom. The van der Waals surface area contributed by atoms with Crippen molar-refractivity contribution in [2.45, 2.75) is 44.6 Å². The quantitative estimate of drug-likeness (QED) is 0.795. The van der Waals surface area contributed by atoms with Crippen LogP contribution in [0, 0.1) is 11.3 Å². The molecule has 1 aromatic heterocycles. The number of nitrogens with zero attached hydrogens (tertiary/aromatic N) is 4. The number of rotatable bonds is 1. The first-order valence-electron chi connectivity index (χ1n) is 7.15. The third-order valence-corrected chi connectivity index (χ3v) is 3.69. The van der Waals surface area contributed by atoms with E-state index in [1.54, 1.807) is 9.58 Å². The van der Waals surface area contributed by atoms with Gasteiger partial charge in [-0.3, -0.25) is 4.68 Å². The molecule has 0 aromatic carbocycles. The lowest BCUT2D eigenvalue weighted by atomic mass is 9.77. The molecule has 0 radical (unpaired) electrons. The monoisotopic (exact) mass is 290 g/mol. The zero-order valence-electron chi connectivity index (χ0n) is 13.1. The first-order valence-corrected chi connectivity index (χ1v) is 7.15. The molecule has 1 aromatic rings. The van der Waals surface area contributed by atoms with Crippen LogP contribution >= 0.6 is 0 Å². The molecule has 1 aliphatic heterocycles. The zero-order valence-corrected chi connectivity index (χ0v) is 13.1. The van der Waals surface area contributed by atoms with Gasteiger partial charge in [0.2, 0.25) is 0 Å². The molecule has 6 heteroatoms. The Morgan fingerprint density at radius 2 is 2.05 bits per heavy atom. The van der Waals surface area contributed by atoms with Crippen LogP contribution in [0.1, 0.15) is 39.3 Å². The topological polar surface area (TPSA) is 71.2 Å². The molecule has 2 heterocycles. The Morgan fingerprint density at radius 1 is 1.43 bits per heavy atom. The summed E-state index contributed by atoms with van der Waals surface area (Å²) < 4.78 is 7.08. The van der Waals surface area contributed by atoms with E-state index in [4.69, 9.17) is 4.74 Å². The SMILES string of the molecule is Cn1ccc(C2(C#N)CCN(C(=O)OC(C)(C)C)CC2)n1. The van der Waals surface area contributed by atoms with E-state index in [1.807, 2.05) is 40.1 Å². The van der Waals surface area contributed by atoms with E-state index in [0.29, 0.717) is 25.9 Å². The van der Waals surface area contributed by atoms with E-state index < -0.39 is 11.0 Å². The van der Waals surface area contributed by atoms with Gasteiger partial charge in [0, 0.05) is 26.3 Å². The third kappa shape index (κ3) is 3.35. The van der Waals surface area contributed by atoms with Crippen molar-refractivity contribution in [2.75, 3.05) is 13.1 Å². The maximum absolute atomic E-state index is 12.1. The normalized spacial score (nSPS) is 18.1. The molecule has 0 bridgehead atoms. The number of ether oxygens (including phenoxy) is 1. The van der Waals surface area contributed by atoms with Gasteiger partial charge >= 0.3 is 6.09 Å². The molecule has 1 aliphatic rings. The summed E-state index contributed by atoms with van der Waals surface area (Å²) in [6.45, 7) is 6.57. The van der Waals surface area contributed by atoms with Crippen LogP contribution in [0.4, 0.5) is 4.79 Å². The predicted octanol–water partition coefficient (Wildman–Crippen LogP) is 2.21. The van der Waals surface area contributed by atoms with Crippen LogP contribution in [-0.2, 0) is 17.2 Å². The van der Waals surface area contributed by atoms with Crippen molar-refractivity contribution in [2.24, 2.45) is 7.05 Å². The average molecular weight is 290 g/mol. The third-order valence-electron chi connectivity index (χ3n) is 3.69. The summed E-state index contributed by atoms with van der Waals surface area (Å²) in [5.74, 6) is 0. The van der Waals surface area contributed by atoms with Gasteiger partial charge in [-0.25, -0.2) is 4.79 Å². The van der Waals surface area contributed by atoms with Crippen LogP contribution in [0.15, 0.2) is 12.3 Å². The summed E-state index contributed by atoms with van der Waals surface area (Å²) >= 11 is 0. The zero-order chi connectivity index (χ0) is 15.7. The van der Waals surface area contributed by atoms with Crippen molar-refractivity contribution in [1.82, 2.24) is 14.7 Å². The summed E-state index contributed by atoms with van der Waals surface area (Å²) in [6, 6.07) is 4.28. The van der Waals surface area contributed by atoms with Crippen molar-refractivity contribution in [3.63, 3.8) is 0 Å². The standard InChI is InChI=1S/C15H22N4O2/c1-14(2,3)21-13(20)19-9-6-15(11-16,7-10-19)12-5-8-18(4)17-12/h5,8H,6-7,9-10H2,1-4H3. The van der Waals surface area contributed by atoms with E-state index in [1.165, 1.54) is 0 Å². The molecule has 0 N–H and O–H groups in total. The highest BCUT2D eigenvalue weighted by Crippen LogP contribution is 2.34. The maximum Gasteiger partial charge on any atom is 0.410 e.